The summed E-state index contributed by atoms with van der Waals surface area (Å²) in [6.07, 6.45) is 0. The van der Waals surface area contributed by atoms with E-state index in [0.717, 1.165) is 0 Å². The summed E-state index contributed by atoms with van der Waals surface area (Å²) in [5.74, 6) is 0. The molecule has 0 saturated heterocycles. The normalized spacial score (nSPS) is 12.0. The molecule has 0 spiro atoms. The van der Waals surface area contributed by atoms with Crippen molar-refractivity contribution in [1.82, 2.24) is 0 Å². The van der Waals surface area contributed by atoms with Crippen LogP contribution in [-0.4, -0.2) is 20.1 Å². The molecular weight excluding hydrogens is 111 g/mol. The van der Waals surface area contributed by atoms with E-state index in [2.05, 4.69) is 0 Å². The number of halogens is 1. The maximum atomic E-state index is 12.4. The molecule has 0 radical (unpaired) electrons. The maximum Gasteiger partial charge on any atom is 0.243 e. The SMILES string of the molecule is C[Si](C)(F)CCO. The van der Waals surface area contributed by atoms with E-state index in [1.165, 1.54) is 0 Å². The standard InChI is InChI=1S/C4H11FOSi/c1-7(2,5)4-3-6/h6H,3-4H2,1-2H3. The molecule has 0 aromatic carbocycles. The van der Waals surface area contributed by atoms with Crippen LogP contribution in [0.4, 0.5) is 4.11 Å². The van der Waals surface area contributed by atoms with Gasteiger partial charge in [-0.15, -0.1) is 0 Å². The maximum absolute atomic E-state index is 12.4. The van der Waals surface area contributed by atoms with Gasteiger partial charge in [-0.2, -0.15) is 0 Å². The molecule has 0 rings (SSSR count). The minimum Gasteiger partial charge on any atom is -0.397 e. The Morgan fingerprint density at radius 1 is 1.57 bits per heavy atom. The lowest BCUT2D eigenvalue weighted by Gasteiger charge is -2.05. The highest BCUT2D eigenvalue weighted by atomic mass is 28.4. The molecule has 0 aromatic rings. The fourth-order valence-corrected chi connectivity index (χ4v) is 0.798. The molecule has 0 aliphatic rings. The van der Waals surface area contributed by atoms with Gasteiger partial charge >= 0.3 is 0 Å². The van der Waals surface area contributed by atoms with Gasteiger partial charge in [0, 0.05) is 6.61 Å². The molecule has 0 aliphatic carbocycles. The van der Waals surface area contributed by atoms with Crippen molar-refractivity contribution in [2.75, 3.05) is 6.61 Å². The van der Waals surface area contributed by atoms with Gasteiger partial charge < -0.3 is 9.21 Å². The molecule has 0 aromatic heterocycles. The molecule has 1 N–H and O–H groups in total. The molecule has 0 atom stereocenters. The number of rotatable bonds is 2. The first-order chi connectivity index (χ1) is 3.06. The van der Waals surface area contributed by atoms with Crippen LogP contribution in [0.2, 0.25) is 19.1 Å². The van der Waals surface area contributed by atoms with E-state index in [1.54, 1.807) is 13.1 Å². The lowest BCUT2D eigenvalue weighted by atomic mass is 10.9. The lowest BCUT2D eigenvalue weighted by molar-refractivity contribution is 0.314. The van der Waals surface area contributed by atoms with Crippen molar-refractivity contribution in [2.45, 2.75) is 19.1 Å². The van der Waals surface area contributed by atoms with Gasteiger partial charge in [-0.1, -0.05) is 0 Å². The van der Waals surface area contributed by atoms with Gasteiger partial charge in [0.05, 0.1) is 0 Å². The molecule has 0 bridgehead atoms. The third kappa shape index (κ3) is 6.11. The minimum atomic E-state index is -2.41. The second-order valence-corrected chi connectivity index (χ2v) is 6.13. The first kappa shape index (κ1) is 7.11. The van der Waals surface area contributed by atoms with Crippen molar-refractivity contribution in [2.24, 2.45) is 0 Å². The molecule has 7 heavy (non-hydrogen) atoms. The fraction of sp³-hybridized carbons (Fsp3) is 1.00. The summed E-state index contributed by atoms with van der Waals surface area (Å²) in [4.78, 5) is 0. The third-order valence-corrected chi connectivity index (χ3v) is 2.12. The van der Waals surface area contributed by atoms with E-state index < -0.39 is 8.41 Å². The minimum absolute atomic E-state index is 0.00424. The van der Waals surface area contributed by atoms with E-state index in [0.29, 0.717) is 6.04 Å². The predicted octanol–water partition coefficient (Wildman–Crippen LogP) is 1.15. The topological polar surface area (TPSA) is 20.2 Å². The van der Waals surface area contributed by atoms with E-state index >= 15 is 0 Å². The summed E-state index contributed by atoms with van der Waals surface area (Å²) in [6, 6.07) is 0.368. The second kappa shape index (κ2) is 2.42. The molecule has 0 saturated carbocycles. The number of hydrogen-bond donors (Lipinski definition) is 1. The predicted molar refractivity (Wildman–Crippen MR) is 30.5 cm³/mol. The van der Waals surface area contributed by atoms with Crippen LogP contribution in [0.25, 0.3) is 0 Å². The van der Waals surface area contributed by atoms with Crippen molar-refractivity contribution in [1.29, 1.82) is 0 Å². The van der Waals surface area contributed by atoms with Crippen LogP contribution in [0.5, 0.6) is 0 Å². The highest BCUT2D eigenvalue weighted by Gasteiger charge is 2.17. The Labute approximate surface area is 44.3 Å². The van der Waals surface area contributed by atoms with Gasteiger partial charge in [0.15, 0.2) is 0 Å². The van der Waals surface area contributed by atoms with Gasteiger partial charge in [-0.3, -0.25) is 0 Å². The van der Waals surface area contributed by atoms with Gasteiger partial charge in [0.2, 0.25) is 8.41 Å². The number of hydrogen-bond acceptors (Lipinski definition) is 1. The largest absolute Gasteiger partial charge is 0.397 e. The third-order valence-electron chi connectivity index (χ3n) is 0.706. The van der Waals surface area contributed by atoms with Crippen molar-refractivity contribution < 1.29 is 9.21 Å². The highest BCUT2D eigenvalue weighted by Crippen LogP contribution is 2.07. The Balaban J connectivity index is 3.15. The summed E-state index contributed by atoms with van der Waals surface area (Å²) in [5, 5.41) is 8.20. The summed E-state index contributed by atoms with van der Waals surface area (Å²) in [6.45, 7) is 3.17. The first-order valence-electron chi connectivity index (χ1n) is 2.36. The van der Waals surface area contributed by atoms with Crippen LogP contribution in [0.3, 0.4) is 0 Å². The Kier molecular flexibility index (Phi) is 2.46. The molecule has 44 valence electrons. The Morgan fingerprint density at radius 3 is 2.00 bits per heavy atom. The molecule has 1 nitrogen and oxygen atoms in total. The number of aliphatic hydroxyl groups is 1. The molecule has 0 aliphatic heterocycles. The first-order valence-corrected chi connectivity index (χ1v) is 5.44. The van der Waals surface area contributed by atoms with Crippen LogP contribution < -0.4 is 0 Å². The van der Waals surface area contributed by atoms with E-state index in [4.69, 9.17) is 5.11 Å². The van der Waals surface area contributed by atoms with Crippen molar-refractivity contribution in [3.63, 3.8) is 0 Å². The van der Waals surface area contributed by atoms with Crippen LogP contribution in [0, 0.1) is 0 Å². The quantitative estimate of drug-likeness (QED) is 0.430. The molecule has 3 heteroatoms. The summed E-state index contributed by atoms with van der Waals surface area (Å²) < 4.78 is 12.4. The Bertz CT molecular complexity index is 50.1. The molecule has 0 amide bonds. The molecule has 0 fully saturated rings. The van der Waals surface area contributed by atoms with E-state index in [9.17, 15) is 4.11 Å². The zero-order valence-electron chi connectivity index (χ0n) is 4.74. The van der Waals surface area contributed by atoms with Crippen LogP contribution >= 0.6 is 0 Å². The van der Waals surface area contributed by atoms with Crippen LogP contribution in [0.15, 0.2) is 0 Å². The van der Waals surface area contributed by atoms with Crippen LogP contribution in [-0.2, 0) is 0 Å². The number of aliphatic hydroxyl groups excluding tert-OH is 1. The average Bonchev–Trinajstić information content (AvgIpc) is 1.30. The fourth-order valence-electron chi connectivity index (χ4n) is 0.266. The molecule has 0 unspecified atom stereocenters. The smallest absolute Gasteiger partial charge is 0.243 e. The monoisotopic (exact) mass is 122 g/mol. The average molecular weight is 122 g/mol. The zero-order valence-corrected chi connectivity index (χ0v) is 5.74. The van der Waals surface area contributed by atoms with E-state index in [1.807, 2.05) is 0 Å². The van der Waals surface area contributed by atoms with Crippen molar-refractivity contribution in [3.8, 4) is 0 Å². The summed E-state index contributed by atoms with van der Waals surface area (Å²) in [7, 11) is -2.41. The Morgan fingerprint density at radius 2 is 2.00 bits per heavy atom. The van der Waals surface area contributed by atoms with Gasteiger partial charge in [0.1, 0.15) is 0 Å². The summed E-state index contributed by atoms with van der Waals surface area (Å²) >= 11 is 0. The van der Waals surface area contributed by atoms with Crippen molar-refractivity contribution in [3.05, 3.63) is 0 Å². The van der Waals surface area contributed by atoms with Crippen LogP contribution in [0.1, 0.15) is 0 Å². The molecule has 0 heterocycles. The van der Waals surface area contributed by atoms with Gasteiger partial charge in [-0.05, 0) is 19.1 Å². The second-order valence-electron chi connectivity index (χ2n) is 2.19. The lowest BCUT2D eigenvalue weighted by Crippen LogP contribution is -2.18. The molecular formula is C4H11FOSi. The van der Waals surface area contributed by atoms with Gasteiger partial charge in [0.25, 0.3) is 0 Å². The van der Waals surface area contributed by atoms with E-state index in [-0.39, 0.29) is 6.61 Å². The highest BCUT2D eigenvalue weighted by molar-refractivity contribution is 6.70. The van der Waals surface area contributed by atoms with Crippen molar-refractivity contribution >= 4 is 8.41 Å². The zero-order chi connectivity index (χ0) is 5.91. The summed E-state index contributed by atoms with van der Waals surface area (Å²) in [5.41, 5.74) is 0. The van der Waals surface area contributed by atoms with Gasteiger partial charge in [-0.25, -0.2) is 0 Å². The Hall–Kier alpha value is 0.107.